The number of oxime groups is 1. The van der Waals surface area contributed by atoms with E-state index in [-0.39, 0.29) is 11.9 Å². The summed E-state index contributed by atoms with van der Waals surface area (Å²) >= 11 is 0. The van der Waals surface area contributed by atoms with Gasteiger partial charge in [-0.2, -0.15) is 0 Å². The molecule has 1 saturated carbocycles. The van der Waals surface area contributed by atoms with Crippen LogP contribution < -0.4 is 14.8 Å². The van der Waals surface area contributed by atoms with Gasteiger partial charge in [0.2, 0.25) is 6.10 Å². The van der Waals surface area contributed by atoms with Crippen molar-refractivity contribution < 1.29 is 19.1 Å². The third kappa shape index (κ3) is 3.47. The van der Waals surface area contributed by atoms with Crippen LogP contribution in [0.2, 0.25) is 0 Å². The van der Waals surface area contributed by atoms with E-state index in [4.69, 9.17) is 14.3 Å². The minimum Gasteiger partial charge on any atom is -0.493 e. The van der Waals surface area contributed by atoms with Crippen LogP contribution in [0, 0.1) is 0 Å². The summed E-state index contributed by atoms with van der Waals surface area (Å²) in [4.78, 5) is 17.8. The lowest BCUT2D eigenvalue weighted by Gasteiger charge is -2.23. The van der Waals surface area contributed by atoms with Crippen LogP contribution in [-0.2, 0) is 9.63 Å². The van der Waals surface area contributed by atoms with E-state index in [0.29, 0.717) is 23.6 Å². The molecule has 1 aromatic carbocycles. The van der Waals surface area contributed by atoms with Crippen molar-refractivity contribution in [3.63, 3.8) is 0 Å². The van der Waals surface area contributed by atoms with Crippen LogP contribution in [-0.4, -0.2) is 38.0 Å². The normalized spacial score (nSPS) is 20.9. The molecule has 1 N–H and O–H groups in total. The maximum atomic E-state index is 12.4. The Balaban J connectivity index is 1.65. The average Bonchev–Trinajstić information content (AvgIpc) is 3.12. The number of carbonyl (C=O) groups is 1. The zero-order valence-electron chi connectivity index (χ0n) is 14.2. The fourth-order valence-corrected chi connectivity index (χ4v) is 3.33. The molecule has 130 valence electrons. The van der Waals surface area contributed by atoms with Gasteiger partial charge in [-0.05, 0) is 25.0 Å². The lowest BCUT2D eigenvalue weighted by Crippen LogP contribution is -2.42. The summed E-state index contributed by atoms with van der Waals surface area (Å²) in [6.45, 7) is 0. The highest BCUT2D eigenvalue weighted by atomic mass is 16.6. The molecule has 6 heteroatoms. The van der Waals surface area contributed by atoms with Gasteiger partial charge < -0.3 is 19.6 Å². The molecule has 1 unspecified atom stereocenters. The predicted octanol–water partition coefficient (Wildman–Crippen LogP) is 2.65. The minimum atomic E-state index is -0.571. The number of methoxy groups -OCH3 is 2. The zero-order chi connectivity index (χ0) is 16.9. The Hall–Kier alpha value is -2.24. The second kappa shape index (κ2) is 7.55. The Bertz CT molecular complexity index is 623. The number of hydrogen-bond donors (Lipinski definition) is 1. The monoisotopic (exact) mass is 332 g/mol. The standard InChI is InChI=1S/C18H24N2O4/c1-22-15-10-6-9-13(17(15)23-2)14-11-16(24-20-14)18(21)19-12-7-4-3-5-8-12/h6,9-10,12,16H,3-5,7-8,11H2,1-2H3,(H,19,21). The van der Waals surface area contributed by atoms with Gasteiger partial charge in [-0.25, -0.2) is 0 Å². The van der Waals surface area contributed by atoms with E-state index in [9.17, 15) is 4.79 Å². The fraction of sp³-hybridized carbons (Fsp3) is 0.556. The number of amides is 1. The molecule has 1 heterocycles. The van der Waals surface area contributed by atoms with Crippen molar-refractivity contribution in [1.82, 2.24) is 5.32 Å². The van der Waals surface area contributed by atoms with E-state index in [2.05, 4.69) is 10.5 Å². The van der Waals surface area contributed by atoms with Gasteiger partial charge in [-0.1, -0.05) is 30.5 Å². The van der Waals surface area contributed by atoms with Gasteiger partial charge in [-0.15, -0.1) is 0 Å². The molecule has 24 heavy (non-hydrogen) atoms. The van der Waals surface area contributed by atoms with E-state index < -0.39 is 6.10 Å². The van der Waals surface area contributed by atoms with Gasteiger partial charge in [0.1, 0.15) is 0 Å². The predicted molar refractivity (Wildman–Crippen MR) is 90.6 cm³/mol. The van der Waals surface area contributed by atoms with Crippen LogP contribution in [0.25, 0.3) is 0 Å². The number of rotatable bonds is 5. The Morgan fingerprint density at radius 1 is 1.21 bits per heavy atom. The molecular weight excluding hydrogens is 308 g/mol. The van der Waals surface area contributed by atoms with E-state index in [1.54, 1.807) is 14.2 Å². The lowest BCUT2D eigenvalue weighted by molar-refractivity contribution is -0.132. The van der Waals surface area contributed by atoms with Crippen molar-refractivity contribution in [3.8, 4) is 11.5 Å². The minimum absolute atomic E-state index is 0.0810. The first kappa shape index (κ1) is 16.6. The number of carbonyl (C=O) groups excluding carboxylic acids is 1. The summed E-state index contributed by atoms with van der Waals surface area (Å²) in [6, 6.07) is 5.86. The van der Waals surface area contributed by atoms with Crippen molar-refractivity contribution in [2.24, 2.45) is 5.16 Å². The lowest BCUT2D eigenvalue weighted by atomic mass is 9.95. The van der Waals surface area contributed by atoms with Gasteiger partial charge in [0, 0.05) is 18.0 Å². The number of hydrogen-bond acceptors (Lipinski definition) is 5. The molecule has 1 aromatic rings. The molecule has 1 atom stereocenters. The molecule has 1 fully saturated rings. The fourth-order valence-electron chi connectivity index (χ4n) is 3.33. The third-order valence-electron chi connectivity index (χ3n) is 4.63. The molecule has 3 rings (SSSR count). The van der Waals surface area contributed by atoms with Crippen LogP contribution in [0.1, 0.15) is 44.1 Å². The maximum absolute atomic E-state index is 12.4. The Labute approximate surface area is 142 Å². The SMILES string of the molecule is COc1cccc(C2=NOC(C(=O)NC3CCCCC3)C2)c1OC. The first-order valence-corrected chi connectivity index (χ1v) is 8.47. The summed E-state index contributed by atoms with van der Waals surface area (Å²) in [5.41, 5.74) is 1.50. The number of nitrogens with zero attached hydrogens (tertiary/aromatic N) is 1. The molecule has 2 aliphatic rings. The van der Waals surface area contributed by atoms with Gasteiger partial charge in [0.05, 0.1) is 19.9 Å². The van der Waals surface area contributed by atoms with Gasteiger partial charge in [0.15, 0.2) is 11.5 Å². The zero-order valence-corrected chi connectivity index (χ0v) is 14.2. The van der Waals surface area contributed by atoms with Crippen molar-refractivity contribution in [3.05, 3.63) is 23.8 Å². The first-order valence-electron chi connectivity index (χ1n) is 8.47. The molecule has 1 amide bonds. The van der Waals surface area contributed by atoms with E-state index >= 15 is 0 Å². The molecule has 1 aliphatic heterocycles. The molecule has 0 saturated heterocycles. The number of benzene rings is 1. The summed E-state index contributed by atoms with van der Waals surface area (Å²) in [7, 11) is 3.18. The number of ether oxygens (including phenoxy) is 2. The molecule has 6 nitrogen and oxygen atoms in total. The van der Waals surface area contributed by atoms with E-state index in [0.717, 1.165) is 18.4 Å². The van der Waals surface area contributed by atoms with Crippen molar-refractivity contribution in [1.29, 1.82) is 0 Å². The van der Waals surface area contributed by atoms with Crippen LogP contribution >= 0.6 is 0 Å². The van der Waals surface area contributed by atoms with Crippen molar-refractivity contribution in [2.45, 2.75) is 50.7 Å². The smallest absolute Gasteiger partial charge is 0.264 e. The Morgan fingerprint density at radius 2 is 2.00 bits per heavy atom. The summed E-state index contributed by atoms with van der Waals surface area (Å²) < 4.78 is 10.7. The van der Waals surface area contributed by atoms with Crippen molar-refractivity contribution in [2.75, 3.05) is 14.2 Å². The molecule has 0 aromatic heterocycles. The summed E-state index contributed by atoms with van der Waals surface area (Å²) in [6.07, 6.45) is 5.58. The van der Waals surface area contributed by atoms with Crippen LogP contribution in [0.4, 0.5) is 0 Å². The topological polar surface area (TPSA) is 69.2 Å². The molecule has 0 spiro atoms. The maximum Gasteiger partial charge on any atom is 0.264 e. The third-order valence-corrected chi connectivity index (χ3v) is 4.63. The molecule has 1 aliphatic carbocycles. The van der Waals surface area contributed by atoms with Crippen LogP contribution in [0.5, 0.6) is 11.5 Å². The van der Waals surface area contributed by atoms with Gasteiger partial charge in [-0.3, -0.25) is 4.79 Å². The highest BCUT2D eigenvalue weighted by molar-refractivity contribution is 6.06. The van der Waals surface area contributed by atoms with Gasteiger partial charge in [0.25, 0.3) is 5.91 Å². The second-order valence-corrected chi connectivity index (χ2v) is 6.22. The van der Waals surface area contributed by atoms with E-state index in [1.165, 1.54) is 19.3 Å². The van der Waals surface area contributed by atoms with Gasteiger partial charge >= 0.3 is 0 Å². The number of nitrogens with one attached hydrogen (secondary N) is 1. The quantitative estimate of drug-likeness (QED) is 0.900. The molecular formula is C18H24N2O4. The summed E-state index contributed by atoms with van der Waals surface area (Å²) in [5.74, 6) is 1.16. The largest absolute Gasteiger partial charge is 0.493 e. The molecule has 0 radical (unpaired) electrons. The number of para-hydroxylation sites is 1. The van der Waals surface area contributed by atoms with Crippen LogP contribution in [0.15, 0.2) is 23.4 Å². The summed E-state index contributed by atoms with van der Waals surface area (Å²) in [5, 5.41) is 7.20. The molecule has 0 bridgehead atoms. The average molecular weight is 332 g/mol. The Morgan fingerprint density at radius 3 is 2.71 bits per heavy atom. The van der Waals surface area contributed by atoms with Crippen LogP contribution in [0.3, 0.4) is 0 Å². The first-order chi connectivity index (χ1) is 11.7. The Kier molecular flexibility index (Phi) is 5.23. The van der Waals surface area contributed by atoms with Crippen molar-refractivity contribution >= 4 is 11.6 Å². The second-order valence-electron chi connectivity index (χ2n) is 6.22. The van der Waals surface area contributed by atoms with E-state index in [1.807, 2.05) is 18.2 Å². The highest BCUT2D eigenvalue weighted by Gasteiger charge is 2.32. The highest BCUT2D eigenvalue weighted by Crippen LogP contribution is 2.33.